The molecule has 0 saturated heterocycles. The summed E-state index contributed by atoms with van der Waals surface area (Å²) in [6, 6.07) is 83.0. The maximum Gasteiger partial charge on any atom is 0.0547 e. The third-order valence-electron chi connectivity index (χ3n) is 10.8. The molecule has 1 heterocycles. The Morgan fingerprint density at radius 1 is 0.268 bits per heavy atom. The SMILES string of the molecule is c1ccc(-c2ccccc2-c2ccccc2-n2c3ccccc3c3ccc(-c4ccccc4-c4cccc(N(c5ccccc5)c5ccccc5)c4)cc32)cc1. The van der Waals surface area contributed by atoms with Crippen LogP contribution < -0.4 is 4.90 Å². The monoisotopic (exact) mass is 714 g/mol. The van der Waals surface area contributed by atoms with Crippen LogP contribution in [0.1, 0.15) is 0 Å². The quantitative estimate of drug-likeness (QED) is 0.152. The van der Waals surface area contributed by atoms with Gasteiger partial charge in [0, 0.05) is 33.4 Å². The van der Waals surface area contributed by atoms with Crippen molar-refractivity contribution in [3.63, 3.8) is 0 Å². The molecule has 0 saturated carbocycles. The molecule has 0 aliphatic rings. The lowest BCUT2D eigenvalue weighted by Crippen LogP contribution is -2.09. The number of benzene rings is 9. The minimum atomic E-state index is 1.11. The zero-order valence-electron chi connectivity index (χ0n) is 30.8. The molecule has 2 heteroatoms. The van der Waals surface area contributed by atoms with Crippen LogP contribution in [0, 0.1) is 0 Å². The Kier molecular flexibility index (Phi) is 8.55. The summed E-state index contributed by atoms with van der Waals surface area (Å²) in [6.45, 7) is 0. The Hall–Kier alpha value is -7.42. The highest BCUT2D eigenvalue weighted by Gasteiger charge is 2.19. The van der Waals surface area contributed by atoms with E-state index in [1.807, 2.05) is 0 Å². The lowest BCUT2D eigenvalue weighted by Gasteiger charge is -2.26. The molecule has 0 spiro atoms. The van der Waals surface area contributed by atoms with Gasteiger partial charge in [-0.1, -0.05) is 176 Å². The van der Waals surface area contributed by atoms with E-state index in [9.17, 15) is 0 Å². The Morgan fingerprint density at radius 3 is 1.41 bits per heavy atom. The second-order valence-corrected chi connectivity index (χ2v) is 14.1. The molecule has 0 fully saturated rings. The highest BCUT2D eigenvalue weighted by molar-refractivity contribution is 6.11. The van der Waals surface area contributed by atoms with E-state index in [0.717, 1.165) is 22.7 Å². The molecular formula is C54H38N2. The van der Waals surface area contributed by atoms with Crippen molar-refractivity contribution in [2.75, 3.05) is 4.90 Å². The van der Waals surface area contributed by atoms with Gasteiger partial charge >= 0.3 is 0 Å². The molecule has 9 aromatic carbocycles. The molecule has 264 valence electrons. The fraction of sp³-hybridized carbons (Fsp3) is 0. The van der Waals surface area contributed by atoms with Crippen molar-refractivity contribution in [2.45, 2.75) is 0 Å². The topological polar surface area (TPSA) is 8.17 Å². The van der Waals surface area contributed by atoms with Crippen LogP contribution >= 0.6 is 0 Å². The van der Waals surface area contributed by atoms with Gasteiger partial charge in [-0.2, -0.15) is 0 Å². The fourth-order valence-electron chi connectivity index (χ4n) is 8.28. The minimum Gasteiger partial charge on any atom is -0.310 e. The second-order valence-electron chi connectivity index (χ2n) is 14.1. The average molecular weight is 715 g/mol. The number of anilines is 3. The van der Waals surface area contributed by atoms with Crippen LogP contribution in [0.3, 0.4) is 0 Å². The van der Waals surface area contributed by atoms with Crippen molar-refractivity contribution in [3.05, 3.63) is 231 Å². The van der Waals surface area contributed by atoms with Crippen LogP contribution in [0.25, 0.3) is 72.0 Å². The molecule has 0 aliphatic heterocycles. The highest BCUT2D eigenvalue weighted by Crippen LogP contribution is 2.43. The van der Waals surface area contributed by atoms with Crippen LogP contribution in [-0.4, -0.2) is 4.57 Å². The van der Waals surface area contributed by atoms with Crippen LogP contribution in [-0.2, 0) is 0 Å². The number of aromatic nitrogens is 1. The maximum absolute atomic E-state index is 2.46. The van der Waals surface area contributed by atoms with Crippen molar-refractivity contribution in [1.29, 1.82) is 0 Å². The van der Waals surface area contributed by atoms with E-state index in [4.69, 9.17) is 0 Å². The third-order valence-corrected chi connectivity index (χ3v) is 10.8. The molecule has 0 bridgehead atoms. The Labute approximate surface area is 327 Å². The van der Waals surface area contributed by atoms with Crippen LogP contribution in [0.5, 0.6) is 0 Å². The maximum atomic E-state index is 2.46. The summed E-state index contributed by atoms with van der Waals surface area (Å²) in [5.74, 6) is 0. The summed E-state index contributed by atoms with van der Waals surface area (Å²) in [4.78, 5) is 2.32. The van der Waals surface area contributed by atoms with Gasteiger partial charge in [0.1, 0.15) is 0 Å². The minimum absolute atomic E-state index is 1.11. The summed E-state index contributed by atoms with van der Waals surface area (Å²) in [5.41, 5.74) is 16.4. The zero-order valence-corrected chi connectivity index (χ0v) is 30.8. The first-order valence-electron chi connectivity index (χ1n) is 19.2. The number of rotatable bonds is 8. The summed E-state index contributed by atoms with van der Waals surface area (Å²) >= 11 is 0. The largest absolute Gasteiger partial charge is 0.310 e. The van der Waals surface area contributed by atoms with E-state index in [0.29, 0.717) is 0 Å². The molecule has 10 rings (SSSR count). The molecule has 0 radical (unpaired) electrons. The normalized spacial score (nSPS) is 11.2. The first-order chi connectivity index (χ1) is 27.8. The van der Waals surface area contributed by atoms with Gasteiger partial charge in [0.25, 0.3) is 0 Å². The van der Waals surface area contributed by atoms with Gasteiger partial charge in [0.15, 0.2) is 0 Å². The van der Waals surface area contributed by atoms with Crippen molar-refractivity contribution >= 4 is 38.9 Å². The lowest BCUT2D eigenvalue weighted by molar-refractivity contribution is 1.18. The summed E-state index contributed by atoms with van der Waals surface area (Å²) in [5, 5.41) is 2.47. The van der Waals surface area contributed by atoms with E-state index in [1.165, 1.54) is 66.3 Å². The Balaban J connectivity index is 1.14. The molecule has 1 aromatic heterocycles. The summed E-state index contributed by atoms with van der Waals surface area (Å²) in [6.07, 6.45) is 0. The molecule has 56 heavy (non-hydrogen) atoms. The van der Waals surface area contributed by atoms with E-state index in [2.05, 4.69) is 240 Å². The summed E-state index contributed by atoms with van der Waals surface area (Å²) < 4.78 is 2.46. The number of hydrogen-bond donors (Lipinski definition) is 0. The third kappa shape index (κ3) is 5.95. The molecule has 0 aliphatic carbocycles. The van der Waals surface area contributed by atoms with Gasteiger partial charge in [0.05, 0.1) is 16.7 Å². The van der Waals surface area contributed by atoms with Crippen LogP contribution in [0.2, 0.25) is 0 Å². The van der Waals surface area contributed by atoms with Gasteiger partial charge in [-0.15, -0.1) is 0 Å². The van der Waals surface area contributed by atoms with E-state index >= 15 is 0 Å². The standard InChI is InChI=1S/C54H38N2/c1-4-19-39(20-5-1)45-27-12-13-30-48(45)49-31-14-16-33-52(49)56-53-34-17-15-32-50(53)51-36-35-41(38-54(51)56)47-29-11-10-28-46(47)40-21-18-26-44(37-40)55(42-22-6-2-7-23-42)43-24-8-3-9-25-43/h1-38H. The lowest BCUT2D eigenvalue weighted by atomic mass is 9.93. The Morgan fingerprint density at radius 2 is 0.732 bits per heavy atom. The summed E-state index contributed by atoms with van der Waals surface area (Å²) in [7, 11) is 0. The fourth-order valence-corrected chi connectivity index (χ4v) is 8.28. The molecule has 0 amide bonds. The van der Waals surface area contributed by atoms with Gasteiger partial charge < -0.3 is 9.47 Å². The number of nitrogens with zero attached hydrogens (tertiary/aromatic N) is 2. The van der Waals surface area contributed by atoms with Gasteiger partial charge in [-0.05, 0) is 93.5 Å². The van der Waals surface area contributed by atoms with Crippen LogP contribution in [0.4, 0.5) is 17.1 Å². The second kappa shape index (κ2) is 14.4. The number of hydrogen-bond acceptors (Lipinski definition) is 1. The van der Waals surface area contributed by atoms with Crippen molar-refractivity contribution in [2.24, 2.45) is 0 Å². The molecule has 2 nitrogen and oxygen atoms in total. The number of fused-ring (bicyclic) bond motifs is 3. The first kappa shape index (κ1) is 33.2. The van der Waals surface area contributed by atoms with Gasteiger partial charge in [-0.25, -0.2) is 0 Å². The predicted octanol–water partition coefficient (Wildman–Crippen LogP) is 14.9. The highest BCUT2D eigenvalue weighted by atomic mass is 15.1. The van der Waals surface area contributed by atoms with Crippen molar-refractivity contribution in [3.8, 4) is 50.2 Å². The first-order valence-corrected chi connectivity index (χ1v) is 19.2. The zero-order chi connectivity index (χ0) is 37.3. The van der Waals surface area contributed by atoms with Crippen molar-refractivity contribution < 1.29 is 0 Å². The molecule has 10 aromatic rings. The van der Waals surface area contributed by atoms with E-state index in [-0.39, 0.29) is 0 Å². The number of para-hydroxylation sites is 4. The smallest absolute Gasteiger partial charge is 0.0547 e. The molecule has 0 unspecified atom stereocenters. The van der Waals surface area contributed by atoms with Crippen molar-refractivity contribution in [1.82, 2.24) is 4.57 Å². The van der Waals surface area contributed by atoms with Gasteiger partial charge in [-0.3, -0.25) is 0 Å². The molecule has 0 N–H and O–H groups in total. The average Bonchev–Trinajstić information content (AvgIpc) is 3.61. The van der Waals surface area contributed by atoms with Gasteiger partial charge in [0.2, 0.25) is 0 Å². The molecule has 0 atom stereocenters. The molecular weight excluding hydrogens is 677 g/mol. The van der Waals surface area contributed by atoms with Crippen LogP contribution in [0.15, 0.2) is 231 Å². The predicted molar refractivity (Wildman–Crippen MR) is 237 cm³/mol. The van der Waals surface area contributed by atoms with E-state index in [1.54, 1.807) is 0 Å². The Bertz CT molecular complexity index is 2920. The van der Waals surface area contributed by atoms with E-state index < -0.39 is 0 Å².